The third-order valence-corrected chi connectivity index (χ3v) is 4.78. The summed E-state index contributed by atoms with van der Waals surface area (Å²) in [5, 5.41) is 17.4. The molecule has 156 valence electrons. The van der Waals surface area contributed by atoms with E-state index in [1.807, 2.05) is 0 Å². The number of benzene rings is 2. The van der Waals surface area contributed by atoms with E-state index in [2.05, 4.69) is 10.2 Å². The van der Waals surface area contributed by atoms with E-state index in [0.717, 1.165) is 17.0 Å². The number of anilines is 1. The number of hydrogen-bond acceptors (Lipinski definition) is 5. The van der Waals surface area contributed by atoms with Gasteiger partial charge in [-0.05, 0) is 50.6 Å². The number of carbonyl (C=O) groups is 1. The summed E-state index contributed by atoms with van der Waals surface area (Å²) < 4.78 is 33.4. The van der Waals surface area contributed by atoms with E-state index in [1.54, 1.807) is 20.8 Å². The summed E-state index contributed by atoms with van der Waals surface area (Å²) in [7, 11) is 0. The van der Waals surface area contributed by atoms with E-state index >= 15 is 0 Å². The Balaban J connectivity index is 2.01. The van der Waals surface area contributed by atoms with Gasteiger partial charge in [0.05, 0.1) is 17.1 Å². The number of amides is 1. The molecule has 2 heterocycles. The van der Waals surface area contributed by atoms with Crippen LogP contribution in [0.4, 0.5) is 19.3 Å². The fourth-order valence-electron chi connectivity index (χ4n) is 3.63. The predicted octanol–water partition coefficient (Wildman–Crippen LogP) is 3.73. The van der Waals surface area contributed by atoms with Crippen LogP contribution in [0.5, 0.6) is 0 Å². The smallest absolute Gasteiger partial charge is 0.415 e. The molecule has 1 aliphatic heterocycles. The lowest BCUT2D eigenvalue weighted by Crippen LogP contribution is -2.44. The van der Waals surface area contributed by atoms with E-state index in [1.165, 1.54) is 24.3 Å². The number of aromatic amines is 1. The molecule has 1 aliphatic rings. The molecule has 0 saturated heterocycles. The van der Waals surface area contributed by atoms with Crippen LogP contribution in [0.15, 0.2) is 41.2 Å². The van der Waals surface area contributed by atoms with Crippen LogP contribution in [0.3, 0.4) is 0 Å². The molecule has 2 unspecified atom stereocenters. The summed E-state index contributed by atoms with van der Waals surface area (Å²) in [4.78, 5) is 26.5. The van der Waals surface area contributed by atoms with Gasteiger partial charge in [0.25, 0.3) is 5.56 Å². The highest BCUT2D eigenvalue weighted by molar-refractivity contribution is 6.04. The number of aromatic nitrogens is 2. The molecular formula is C21H19F2N3O4. The first-order valence-electron chi connectivity index (χ1n) is 9.24. The average Bonchev–Trinajstić information content (AvgIpc) is 2.65. The average molecular weight is 415 g/mol. The zero-order valence-corrected chi connectivity index (χ0v) is 16.4. The largest absolute Gasteiger partial charge is 0.443 e. The third kappa shape index (κ3) is 3.30. The number of H-pyrrole nitrogens is 1. The second-order valence-electron chi connectivity index (χ2n) is 8.08. The summed E-state index contributed by atoms with van der Waals surface area (Å²) in [6.45, 7) is 5.00. The summed E-state index contributed by atoms with van der Waals surface area (Å²) in [6, 6.07) is 6.21. The van der Waals surface area contributed by atoms with Crippen molar-refractivity contribution in [2.45, 2.75) is 38.5 Å². The van der Waals surface area contributed by atoms with Crippen LogP contribution in [0.1, 0.15) is 44.2 Å². The van der Waals surface area contributed by atoms with Crippen LogP contribution in [0.2, 0.25) is 0 Å². The van der Waals surface area contributed by atoms with Gasteiger partial charge < -0.3 is 9.84 Å². The highest BCUT2D eigenvalue weighted by atomic mass is 19.1. The lowest BCUT2D eigenvalue weighted by atomic mass is 9.89. The van der Waals surface area contributed by atoms with Gasteiger partial charge in [-0.1, -0.05) is 12.1 Å². The van der Waals surface area contributed by atoms with Gasteiger partial charge in [0.1, 0.15) is 29.0 Å². The summed E-state index contributed by atoms with van der Waals surface area (Å²) in [5.41, 5.74) is -1.05. The molecule has 9 heteroatoms. The molecule has 1 aromatic heterocycles. The molecule has 0 aliphatic carbocycles. The monoisotopic (exact) mass is 415 g/mol. The zero-order chi connectivity index (χ0) is 21.8. The first-order valence-corrected chi connectivity index (χ1v) is 9.24. The first-order chi connectivity index (χ1) is 14.1. The Hall–Kier alpha value is -3.33. The van der Waals surface area contributed by atoms with Gasteiger partial charge in [-0.2, -0.15) is 5.10 Å². The van der Waals surface area contributed by atoms with Crippen LogP contribution < -0.4 is 10.5 Å². The molecule has 2 atom stereocenters. The van der Waals surface area contributed by atoms with Crippen molar-refractivity contribution in [1.82, 2.24) is 10.2 Å². The lowest BCUT2D eigenvalue weighted by Gasteiger charge is -2.40. The number of nitrogens with one attached hydrogen (secondary N) is 1. The maximum absolute atomic E-state index is 14.4. The van der Waals surface area contributed by atoms with E-state index in [0.29, 0.717) is 5.56 Å². The normalized spacial score (nSPS) is 18.5. The minimum Gasteiger partial charge on any atom is -0.443 e. The first kappa shape index (κ1) is 20.0. The molecule has 1 amide bonds. The molecule has 0 bridgehead atoms. The zero-order valence-electron chi connectivity index (χ0n) is 16.4. The Bertz CT molecular complexity index is 1200. The topological polar surface area (TPSA) is 95.5 Å². The van der Waals surface area contributed by atoms with E-state index in [-0.39, 0.29) is 22.2 Å². The fraction of sp³-hybridized carbons (Fsp3) is 0.286. The maximum atomic E-state index is 14.4. The fourth-order valence-corrected chi connectivity index (χ4v) is 3.63. The minimum absolute atomic E-state index is 0.0347. The molecule has 7 nitrogen and oxygen atoms in total. The van der Waals surface area contributed by atoms with E-state index in [4.69, 9.17) is 4.74 Å². The molecule has 2 N–H and O–H groups in total. The van der Waals surface area contributed by atoms with Gasteiger partial charge >= 0.3 is 6.09 Å². The van der Waals surface area contributed by atoms with Gasteiger partial charge in [-0.25, -0.2) is 18.7 Å². The number of aliphatic hydroxyl groups is 1. The second-order valence-corrected chi connectivity index (χ2v) is 8.08. The number of carbonyl (C=O) groups excluding carboxylic acids is 1. The molecular weight excluding hydrogens is 396 g/mol. The predicted molar refractivity (Wildman–Crippen MR) is 105 cm³/mol. The van der Waals surface area contributed by atoms with E-state index < -0.39 is 41.0 Å². The lowest BCUT2D eigenvalue weighted by molar-refractivity contribution is 0.0500. The molecule has 0 radical (unpaired) electrons. The Labute approximate surface area is 169 Å². The minimum atomic E-state index is -1.39. The summed E-state index contributed by atoms with van der Waals surface area (Å²) in [5.74, 6) is -1.24. The highest BCUT2D eigenvalue weighted by Crippen LogP contribution is 2.47. The molecule has 4 rings (SSSR count). The summed E-state index contributed by atoms with van der Waals surface area (Å²) >= 11 is 0. The van der Waals surface area contributed by atoms with Crippen molar-refractivity contribution < 1.29 is 23.4 Å². The number of nitrogens with zero attached hydrogens (tertiary/aromatic N) is 2. The number of hydrogen-bond donors (Lipinski definition) is 2. The second kappa shape index (κ2) is 6.88. The van der Waals surface area contributed by atoms with Crippen LogP contribution in [0, 0.1) is 11.6 Å². The SMILES string of the molecule is CC(C)(C)OC(=O)N1c2cc(F)cc3c(=O)[nH]nc(c23)C(O)C1c1ccc(F)cc1. The van der Waals surface area contributed by atoms with Crippen molar-refractivity contribution in [1.29, 1.82) is 0 Å². The molecule has 30 heavy (non-hydrogen) atoms. The van der Waals surface area contributed by atoms with Crippen LogP contribution in [-0.4, -0.2) is 27.0 Å². The number of halogens is 2. The number of aliphatic hydroxyl groups excluding tert-OH is 1. The van der Waals surface area contributed by atoms with Crippen molar-refractivity contribution in [2.75, 3.05) is 4.90 Å². The quantitative estimate of drug-likeness (QED) is 0.632. The molecule has 0 fully saturated rings. The Morgan fingerprint density at radius 3 is 2.47 bits per heavy atom. The standard InChI is InChI=1S/C21H19F2N3O4/c1-21(2,3)30-20(29)26-14-9-12(23)8-13-15(14)16(24-25-19(13)28)18(27)17(26)10-4-6-11(22)7-5-10/h4-9,17-18,27H,1-3H3,(H,25,28). The third-order valence-electron chi connectivity index (χ3n) is 4.78. The Kier molecular flexibility index (Phi) is 4.58. The maximum Gasteiger partial charge on any atom is 0.415 e. The highest BCUT2D eigenvalue weighted by Gasteiger charge is 2.43. The van der Waals surface area contributed by atoms with Gasteiger partial charge in [0.15, 0.2) is 0 Å². The molecule has 3 aromatic rings. The van der Waals surface area contributed by atoms with Crippen LogP contribution in [0.25, 0.3) is 10.8 Å². The van der Waals surface area contributed by atoms with Crippen molar-refractivity contribution in [3.63, 3.8) is 0 Å². The van der Waals surface area contributed by atoms with Gasteiger partial charge in [0.2, 0.25) is 0 Å². The van der Waals surface area contributed by atoms with Crippen molar-refractivity contribution >= 4 is 22.6 Å². The van der Waals surface area contributed by atoms with Gasteiger partial charge in [0, 0.05) is 5.39 Å². The van der Waals surface area contributed by atoms with Crippen molar-refractivity contribution in [3.05, 3.63) is 69.6 Å². The van der Waals surface area contributed by atoms with Gasteiger partial charge in [-0.3, -0.25) is 9.69 Å². The van der Waals surface area contributed by atoms with Gasteiger partial charge in [-0.15, -0.1) is 0 Å². The van der Waals surface area contributed by atoms with E-state index in [9.17, 15) is 23.5 Å². The number of rotatable bonds is 1. The Morgan fingerprint density at radius 2 is 1.83 bits per heavy atom. The van der Waals surface area contributed by atoms with Crippen molar-refractivity contribution in [2.24, 2.45) is 0 Å². The molecule has 0 spiro atoms. The van der Waals surface area contributed by atoms with Crippen molar-refractivity contribution in [3.8, 4) is 0 Å². The number of ether oxygens (including phenoxy) is 1. The van der Waals surface area contributed by atoms with Crippen LogP contribution in [-0.2, 0) is 4.74 Å². The summed E-state index contributed by atoms with van der Waals surface area (Å²) in [6.07, 6.45) is -2.24. The molecule has 2 aromatic carbocycles. The van der Waals surface area contributed by atoms with Crippen LogP contribution >= 0.6 is 0 Å². The molecule has 0 saturated carbocycles. The Morgan fingerprint density at radius 1 is 1.17 bits per heavy atom.